The second-order valence-corrected chi connectivity index (χ2v) is 9.48. The van der Waals surface area contributed by atoms with Crippen molar-refractivity contribution in [1.29, 1.82) is 0 Å². The number of hydrogen-bond acceptors (Lipinski definition) is 8. The smallest absolute Gasteiger partial charge is 0.326 e. The summed E-state index contributed by atoms with van der Waals surface area (Å²) >= 11 is 5.59. The number of phenols is 1. The number of thioether (sulfide) groups is 1. The first-order valence-corrected chi connectivity index (χ1v) is 12.8. The van der Waals surface area contributed by atoms with Gasteiger partial charge in [0.25, 0.3) is 0 Å². The van der Waals surface area contributed by atoms with Crippen molar-refractivity contribution in [3.05, 3.63) is 29.8 Å². The van der Waals surface area contributed by atoms with Gasteiger partial charge in [-0.15, -0.1) is 0 Å². The zero-order valence-electron chi connectivity index (χ0n) is 19.5. The molecule has 0 aliphatic heterocycles. The predicted octanol–water partition coefficient (Wildman–Crippen LogP) is 0.140. The Morgan fingerprint density at radius 2 is 1.56 bits per heavy atom. The van der Waals surface area contributed by atoms with E-state index in [9.17, 15) is 29.4 Å². The van der Waals surface area contributed by atoms with Gasteiger partial charge < -0.3 is 31.9 Å². The van der Waals surface area contributed by atoms with Crippen LogP contribution in [0.5, 0.6) is 5.75 Å². The van der Waals surface area contributed by atoms with E-state index in [0.717, 1.165) is 5.56 Å². The summed E-state index contributed by atoms with van der Waals surface area (Å²) in [5, 5.41) is 26.3. The van der Waals surface area contributed by atoms with Crippen LogP contribution in [0.3, 0.4) is 0 Å². The highest BCUT2D eigenvalue weighted by molar-refractivity contribution is 7.98. The van der Waals surface area contributed by atoms with Crippen molar-refractivity contribution in [2.45, 2.75) is 50.9 Å². The summed E-state index contributed by atoms with van der Waals surface area (Å²) in [7, 11) is 0. The van der Waals surface area contributed by atoms with Crippen LogP contribution in [-0.4, -0.2) is 75.8 Å². The second-order valence-electron chi connectivity index (χ2n) is 8.13. The second kappa shape index (κ2) is 14.7. The first-order valence-electron chi connectivity index (χ1n) is 10.8. The average molecular weight is 515 g/mol. The highest BCUT2D eigenvalue weighted by atomic mass is 32.2. The van der Waals surface area contributed by atoms with Crippen LogP contribution in [-0.2, 0) is 25.6 Å². The standard InChI is InChI=1S/C22H34N4O6S2/c1-12(2)18(22(31)32)26-21(30)17(11-33)25-20(29)16(8-9-34-3)24-19(28)15(23)10-13-4-6-14(27)7-5-13/h4-7,12,15-18,27,33H,8-11,23H2,1-3H3,(H,24,28)(H,25,29)(H,26,30)(H,31,32). The number of nitrogens with one attached hydrogen (secondary N) is 3. The molecule has 34 heavy (non-hydrogen) atoms. The Morgan fingerprint density at radius 1 is 1.00 bits per heavy atom. The lowest BCUT2D eigenvalue weighted by molar-refractivity contribution is -0.143. The number of carboxylic acids is 1. The minimum Gasteiger partial charge on any atom is -0.508 e. The number of carbonyl (C=O) groups excluding carboxylic acids is 3. The van der Waals surface area contributed by atoms with Gasteiger partial charge in [-0.1, -0.05) is 26.0 Å². The molecule has 0 radical (unpaired) electrons. The van der Waals surface area contributed by atoms with Crippen molar-refractivity contribution in [3.8, 4) is 5.75 Å². The topological polar surface area (TPSA) is 171 Å². The Bertz CT molecular complexity index is 837. The lowest BCUT2D eigenvalue weighted by atomic mass is 10.0. The highest BCUT2D eigenvalue weighted by Gasteiger charge is 2.30. The number of amides is 3. The third-order valence-corrected chi connectivity index (χ3v) is 6.03. The van der Waals surface area contributed by atoms with Gasteiger partial charge in [0.2, 0.25) is 17.7 Å². The minimum atomic E-state index is -1.18. The molecule has 4 unspecified atom stereocenters. The molecule has 4 atom stereocenters. The van der Waals surface area contributed by atoms with Crippen LogP contribution in [0.4, 0.5) is 0 Å². The molecule has 0 fully saturated rings. The maximum Gasteiger partial charge on any atom is 0.326 e. The number of benzene rings is 1. The van der Waals surface area contributed by atoms with E-state index in [1.165, 1.54) is 23.9 Å². The van der Waals surface area contributed by atoms with Gasteiger partial charge in [-0.05, 0) is 48.5 Å². The van der Waals surface area contributed by atoms with Crippen molar-refractivity contribution in [2.75, 3.05) is 17.8 Å². The third kappa shape index (κ3) is 9.82. The molecule has 0 aliphatic rings. The summed E-state index contributed by atoms with van der Waals surface area (Å²) in [5.41, 5.74) is 6.75. The number of thiol groups is 1. The minimum absolute atomic E-state index is 0.0639. The lowest BCUT2D eigenvalue weighted by Gasteiger charge is -2.25. The molecule has 0 heterocycles. The zero-order valence-corrected chi connectivity index (χ0v) is 21.2. The van der Waals surface area contributed by atoms with E-state index in [2.05, 4.69) is 28.6 Å². The van der Waals surface area contributed by atoms with Crippen LogP contribution in [0.25, 0.3) is 0 Å². The van der Waals surface area contributed by atoms with Gasteiger partial charge >= 0.3 is 5.97 Å². The number of phenolic OH excluding ortho intramolecular Hbond substituents is 1. The van der Waals surface area contributed by atoms with Crippen LogP contribution in [0.1, 0.15) is 25.8 Å². The van der Waals surface area contributed by atoms with Crippen LogP contribution in [0.2, 0.25) is 0 Å². The van der Waals surface area contributed by atoms with E-state index >= 15 is 0 Å². The third-order valence-electron chi connectivity index (χ3n) is 5.02. The molecule has 7 N–H and O–H groups in total. The number of aliphatic carboxylic acids is 1. The Labute approximate surface area is 209 Å². The highest BCUT2D eigenvalue weighted by Crippen LogP contribution is 2.11. The summed E-state index contributed by atoms with van der Waals surface area (Å²) in [6.45, 7) is 3.31. The normalized spacial score (nSPS) is 14.5. The molecule has 3 amide bonds. The van der Waals surface area contributed by atoms with E-state index in [1.807, 2.05) is 6.26 Å². The molecule has 1 aromatic rings. The molecule has 190 valence electrons. The van der Waals surface area contributed by atoms with E-state index in [-0.39, 0.29) is 23.8 Å². The fraction of sp³-hybridized carbons (Fsp3) is 0.545. The van der Waals surface area contributed by atoms with Crippen LogP contribution >= 0.6 is 24.4 Å². The number of nitrogens with two attached hydrogens (primary N) is 1. The molecule has 0 bridgehead atoms. The van der Waals surface area contributed by atoms with Crippen molar-refractivity contribution in [2.24, 2.45) is 11.7 Å². The van der Waals surface area contributed by atoms with Crippen molar-refractivity contribution < 1.29 is 29.4 Å². The van der Waals surface area contributed by atoms with Gasteiger partial charge in [0, 0.05) is 5.75 Å². The van der Waals surface area contributed by atoms with Crippen LogP contribution in [0, 0.1) is 5.92 Å². The fourth-order valence-corrected chi connectivity index (χ4v) is 3.72. The molecular formula is C22H34N4O6S2. The van der Waals surface area contributed by atoms with Gasteiger partial charge in [0.15, 0.2) is 0 Å². The number of carbonyl (C=O) groups is 4. The van der Waals surface area contributed by atoms with Crippen LogP contribution < -0.4 is 21.7 Å². The van der Waals surface area contributed by atoms with E-state index in [0.29, 0.717) is 12.2 Å². The molecule has 12 heteroatoms. The molecule has 1 rings (SSSR count). The fourth-order valence-electron chi connectivity index (χ4n) is 3.00. The van der Waals surface area contributed by atoms with E-state index < -0.39 is 47.9 Å². The van der Waals surface area contributed by atoms with Crippen molar-refractivity contribution in [3.63, 3.8) is 0 Å². The number of rotatable bonds is 14. The van der Waals surface area contributed by atoms with Crippen molar-refractivity contribution in [1.82, 2.24) is 16.0 Å². The maximum absolute atomic E-state index is 12.9. The Kier molecular flexibility index (Phi) is 12.8. The van der Waals surface area contributed by atoms with Crippen LogP contribution in [0.15, 0.2) is 24.3 Å². The molecular weight excluding hydrogens is 480 g/mol. The first-order chi connectivity index (χ1) is 16.0. The molecule has 10 nitrogen and oxygen atoms in total. The molecule has 0 aliphatic carbocycles. The molecule has 0 spiro atoms. The number of hydrogen-bond donors (Lipinski definition) is 7. The van der Waals surface area contributed by atoms with E-state index in [1.54, 1.807) is 26.0 Å². The SMILES string of the molecule is CSCCC(NC(=O)C(N)Cc1ccc(O)cc1)C(=O)NC(CS)C(=O)NC(C(=O)O)C(C)C. The summed E-state index contributed by atoms with van der Waals surface area (Å²) in [6.07, 6.45) is 2.36. The Morgan fingerprint density at radius 3 is 2.06 bits per heavy atom. The largest absolute Gasteiger partial charge is 0.508 e. The zero-order chi connectivity index (χ0) is 25.8. The summed E-state index contributed by atoms with van der Waals surface area (Å²) in [4.78, 5) is 49.5. The lowest BCUT2D eigenvalue weighted by Crippen LogP contribution is -2.58. The molecule has 0 aromatic heterocycles. The maximum atomic E-state index is 12.9. The Balaban J connectivity index is 2.83. The van der Waals surface area contributed by atoms with Gasteiger partial charge in [0.05, 0.1) is 6.04 Å². The Hall–Kier alpha value is -2.44. The first kappa shape index (κ1) is 29.6. The summed E-state index contributed by atoms with van der Waals surface area (Å²) < 4.78 is 0. The molecule has 0 saturated heterocycles. The number of carboxylic acid groups (broad SMARTS) is 1. The van der Waals surface area contributed by atoms with Gasteiger partial charge in [0.1, 0.15) is 23.9 Å². The average Bonchev–Trinajstić information content (AvgIpc) is 2.78. The quantitative estimate of drug-likeness (QED) is 0.172. The summed E-state index contributed by atoms with van der Waals surface area (Å²) in [5.74, 6) is -2.74. The van der Waals surface area contributed by atoms with E-state index in [4.69, 9.17) is 5.73 Å². The van der Waals surface area contributed by atoms with Gasteiger partial charge in [-0.25, -0.2) is 4.79 Å². The van der Waals surface area contributed by atoms with Gasteiger partial charge in [-0.3, -0.25) is 14.4 Å². The number of aromatic hydroxyl groups is 1. The summed E-state index contributed by atoms with van der Waals surface area (Å²) in [6, 6.07) is 2.21. The monoisotopic (exact) mass is 514 g/mol. The van der Waals surface area contributed by atoms with Crippen molar-refractivity contribution >= 4 is 48.1 Å². The predicted molar refractivity (Wildman–Crippen MR) is 135 cm³/mol. The molecule has 1 aromatic carbocycles. The molecule has 0 saturated carbocycles. The van der Waals surface area contributed by atoms with Gasteiger partial charge in [-0.2, -0.15) is 24.4 Å².